The summed E-state index contributed by atoms with van der Waals surface area (Å²) < 4.78 is 34.2. The molecule has 1 fully saturated rings. The van der Waals surface area contributed by atoms with E-state index in [1.807, 2.05) is 11.9 Å². The Morgan fingerprint density at radius 3 is 2.63 bits per heavy atom. The Kier molecular flexibility index (Phi) is 6.65. The first-order valence-corrected chi connectivity index (χ1v) is 9.78. The molecule has 0 N–H and O–H groups in total. The molecule has 1 amide bonds. The summed E-state index contributed by atoms with van der Waals surface area (Å²) in [6.45, 7) is -2.87. The molecule has 9 heteroatoms. The van der Waals surface area contributed by atoms with E-state index < -0.39 is 6.61 Å². The van der Waals surface area contributed by atoms with E-state index in [1.54, 1.807) is 12.1 Å². The molecule has 146 valence electrons. The minimum absolute atomic E-state index is 0.0418. The number of amides is 1. The second-order valence-electron chi connectivity index (χ2n) is 6.36. The largest absolute Gasteiger partial charge is 0.435 e. The fourth-order valence-corrected chi connectivity index (χ4v) is 3.75. The van der Waals surface area contributed by atoms with Crippen molar-refractivity contribution in [2.24, 2.45) is 0 Å². The van der Waals surface area contributed by atoms with Gasteiger partial charge in [0.05, 0.1) is 5.75 Å². The maximum atomic E-state index is 12.4. The molecule has 27 heavy (non-hydrogen) atoms. The molecule has 0 spiro atoms. The minimum Gasteiger partial charge on any atom is -0.435 e. The van der Waals surface area contributed by atoms with Crippen LogP contribution in [0.3, 0.4) is 0 Å². The highest BCUT2D eigenvalue weighted by Gasteiger charge is 2.22. The lowest BCUT2D eigenvalue weighted by atomic mass is 9.94. The van der Waals surface area contributed by atoms with Gasteiger partial charge in [-0.15, -0.1) is 10.2 Å². The van der Waals surface area contributed by atoms with Gasteiger partial charge in [0.1, 0.15) is 5.75 Å². The highest BCUT2D eigenvalue weighted by Crippen LogP contribution is 2.26. The molecule has 0 unspecified atom stereocenters. The number of halogens is 2. The van der Waals surface area contributed by atoms with Gasteiger partial charge in [0.15, 0.2) is 0 Å². The van der Waals surface area contributed by atoms with Crippen molar-refractivity contribution < 1.29 is 22.7 Å². The van der Waals surface area contributed by atoms with Crippen molar-refractivity contribution in [3.8, 4) is 17.2 Å². The molecule has 0 radical (unpaired) electrons. The molecule has 2 aromatic rings. The third-order valence-corrected chi connectivity index (χ3v) is 5.37. The standard InChI is InChI=1S/C18H21F2N3O3S/c1-23(13-5-3-2-4-6-13)15(24)11-27-18-22-21-16(26-18)12-7-9-14(10-8-12)25-17(19)20/h7-10,13,17H,2-6,11H2,1H3. The van der Waals surface area contributed by atoms with Gasteiger partial charge in [0.25, 0.3) is 5.22 Å². The summed E-state index contributed by atoms with van der Waals surface area (Å²) in [4.78, 5) is 14.2. The molecule has 1 aromatic heterocycles. The molecule has 0 atom stereocenters. The van der Waals surface area contributed by atoms with Crippen LogP contribution in [-0.4, -0.2) is 46.5 Å². The number of hydrogen-bond donors (Lipinski definition) is 0. The molecule has 1 aliphatic carbocycles. The minimum atomic E-state index is -2.87. The fraction of sp³-hybridized carbons (Fsp3) is 0.500. The number of benzene rings is 1. The molecule has 1 aromatic carbocycles. The van der Waals surface area contributed by atoms with Crippen LogP contribution in [0.15, 0.2) is 33.9 Å². The number of aromatic nitrogens is 2. The summed E-state index contributed by atoms with van der Waals surface area (Å²) >= 11 is 1.19. The Morgan fingerprint density at radius 2 is 1.96 bits per heavy atom. The van der Waals surface area contributed by atoms with Gasteiger partial charge in [0, 0.05) is 18.7 Å². The number of carbonyl (C=O) groups excluding carboxylic acids is 1. The predicted molar refractivity (Wildman–Crippen MR) is 96.7 cm³/mol. The average molecular weight is 397 g/mol. The van der Waals surface area contributed by atoms with E-state index in [0.717, 1.165) is 12.8 Å². The van der Waals surface area contributed by atoms with Gasteiger partial charge >= 0.3 is 6.61 Å². The van der Waals surface area contributed by atoms with E-state index >= 15 is 0 Å². The number of ether oxygens (including phenoxy) is 1. The van der Waals surface area contributed by atoms with Crippen molar-refractivity contribution in [2.45, 2.75) is 50.0 Å². The molecule has 1 heterocycles. The maximum Gasteiger partial charge on any atom is 0.387 e. The van der Waals surface area contributed by atoms with Gasteiger partial charge in [-0.3, -0.25) is 4.79 Å². The third kappa shape index (κ3) is 5.41. The summed E-state index contributed by atoms with van der Waals surface area (Å²) in [5.74, 6) is 0.587. The van der Waals surface area contributed by atoms with Gasteiger partial charge in [-0.1, -0.05) is 31.0 Å². The van der Waals surface area contributed by atoms with Crippen LogP contribution in [0.25, 0.3) is 11.5 Å². The lowest BCUT2D eigenvalue weighted by Gasteiger charge is -2.31. The second-order valence-corrected chi connectivity index (χ2v) is 7.29. The Balaban J connectivity index is 1.53. The van der Waals surface area contributed by atoms with Gasteiger partial charge in [-0.25, -0.2) is 0 Å². The molecule has 1 aliphatic rings. The first-order valence-electron chi connectivity index (χ1n) is 8.80. The third-order valence-electron chi connectivity index (χ3n) is 4.57. The molecule has 0 saturated heterocycles. The van der Waals surface area contributed by atoms with Crippen molar-refractivity contribution in [1.82, 2.24) is 15.1 Å². The Bertz CT molecular complexity index is 749. The highest BCUT2D eigenvalue weighted by molar-refractivity contribution is 7.99. The van der Waals surface area contributed by atoms with E-state index in [0.29, 0.717) is 16.8 Å². The monoisotopic (exact) mass is 397 g/mol. The molecular weight excluding hydrogens is 376 g/mol. The van der Waals surface area contributed by atoms with Gasteiger partial charge in [-0.2, -0.15) is 8.78 Å². The Hall–Kier alpha value is -2.16. The molecular formula is C18H21F2N3O3S. The molecule has 0 bridgehead atoms. The van der Waals surface area contributed by atoms with Crippen LogP contribution in [-0.2, 0) is 4.79 Å². The Labute approximate surface area is 160 Å². The summed E-state index contributed by atoms with van der Waals surface area (Å²) in [5, 5.41) is 8.16. The molecule has 1 saturated carbocycles. The predicted octanol–water partition coefficient (Wildman–Crippen LogP) is 4.22. The summed E-state index contributed by atoms with van der Waals surface area (Å²) in [6, 6.07) is 6.24. The zero-order valence-electron chi connectivity index (χ0n) is 14.9. The van der Waals surface area contributed by atoms with E-state index in [1.165, 1.54) is 43.2 Å². The van der Waals surface area contributed by atoms with Crippen LogP contribution in [0.1, 0.15) is 32.1 Å². The maximum absolute atomic E-state index is 12.4. The van der Waals surface area contributed by atoms with Gasteiger partial charge in [0.2, 0.25) is 11.8 Å². The van der Waals surface area contributed by atoms with Crippen LogP contribution < -0.4 is 4.74 Å². The number of hydrogen-bond acceptors (Lipinski definition) is 6. The van der Waals surface area contributed by atoms with Crippen LogP contribution in [0, 0.1) is 0 Å². The first kappa shape index (κ1) is 19.6. The summed E-state index contributed by atoms with van der Waals surface area (Å²) in [5.41, 5.74) is 0.585. The summed E-state index contributed by atoms with van der Waals surface area (Å²) in [6.07, 6.45) is 5.70. The van der Waals surface area contributed by atoms with Gasteiger partial charge < -0.3 is 14.1 Å². The van der Waals surface area contributed by atoms with E-state index in [9.17, 15) is 13.6 Å². The topological polar surface area (TPSA) is 68.5 Å². The van der Waals surface area contributed by atoms with Crippen molar-refractivity contribution in [3.63, 3.8) is 0 Å². The zero-order chi connectivity index (χ0) is 19.2. The van der Waals surface area contributed by atoms with Crippen molar-refractivity contribution >= 4 is 17.7 Å². The van der Waals surface area contributed by atoms with Crippen LogP contribution in [0.5, 0.6) is 5.75 Å². The second kappa shape index (κ2) is 9.16. The smallest absolute Gasteiger partial charge is 0.387 e. The van der Waals surface area contributed by atoms with Crippen LogP contribution in [0.2, 0.25) is 0 Å². The lowest BCUT2D eigenvalue weighted by Crippen LogP contribution is -2.39. The number of thioether (sulfide) groups is 1. The fourth-order valence-electron chi connectivity index (χ4n) is 3.06. The van der Waals surface area contributed by atoms with E-state index in [2.05, 4.69) is 14.9 Å². The quantitative estimate of drug-likeness (QED) is 0.652. The van der Waals surface area contributed by atoms with E-state index in [-0.39, 0.29) is 23.3 Å². The van der Waals surface area contributed by atoms with Crippen LogP contribution >= 0.6 is 11.8 Å². The number of rotatable bonds is 7. The van der Waals surface area contributed by atoms with Gasteiger partial charge in [-0.05, 0) is 37.1 Å². The summed E-state index contributed by atoms with van der Waals surface area (Å²) in [7, 11) is 1.85. The molecule has 0 aliphatic heterocycles. The highest BCUT2D eigenvalue weighted by atomic mass is 32.2. The first-order chi connectivity index (χ1) is 13.0. The number of nitrogens with zero attached hydrogens (tertiary/aromatic N) is 3. The molecule has 3 rings (SSSR count). The molecule has 6 nitrogen and oxygen atoms in total. The van der Waals surface area contributed by atoms with Crippen molar-refractivity contribution in [1.29, 1.82) is 0 Å². The van der Waals surface area contributed by atoms with E-state index in [4.69, 9.17) is 4.42 Å². The Morgan fingerprint density at radius 1 is 1.26 bits per heavy atom. The number of alkyl halides is 2. The van der Waals surface area contributed by atoms with Crippen molar-refractivity contribution in [2.75, 3.05) is 12.8 Å². The SMILES string of the molecule is CN(C(=O)CSc1nnc(-c2ccc(OC(F)F)cc2)o1)C1CCCCC1. The lowest BCUT2D eigenvalue weighted by molar-refractivity contribution is -0.129. The zero-order valence-corrected chi connectivity index (χ0v) is 15.8. The van der Waals surface area contributed by atoms with Crippen LogP contribution in [0.4, 0.5) is 8.78 Å². The normalized spacial score (nSPS) is 15.1. The van der Waals surface area contributed by atoms with Crippen molar-refractivity contribution in [3.05, 3.63) is 24.3 Å². The average Bonchev–Trinajstić information content (AvgIpc) is 3.15. The number of carbonyl (C=O) groups is 1.